The number of aromatic nitrogens is 2. The third-order valence-corrected chi connectivity index (χ3v) is 2.19. The van der Waals surface area contributed by atoms with Gasteiger partial charge in [-0.15, -0.1) is 0 Å². The fourth-order valence-electron chi connectivity index (χ4n) is 1.28. The van der Waals surface area contributed by atoms with E-state index >= 15 is 0 Å². The van der Waals surface area contributed by atoms with Crippen molar-refractivity contribution < 1.29 is 4.79 Å². The third kappa shape index (κ3) is 2.96. The van der Waals surface area contributed by atoms with Gasteiger partial charge in [-0.1, -0.05) is 13.8 Å². The van der Waals surface area contributed by atoms with Crippen LogP contribution in [0.2, 0.25) is 0 Å². The Morgan fingerprint density at radius 2 is 2.29 bits per heavy atom. The van der Waals surface area contributed by atoms with Crippen LogP contribution in [0, 0.1) is 5.92 Å². The highest BCUT2D eigenvalue weighted by molar-refractivity contribution is 5.85. The molecule has 0 bridgehead atoms. The van der Waals surface area contributed by atoms with Gasteiger partial charge in [0.05, 0.1) is 12.4 Å². The molecule has 0 aliphatic heterocycles. The molecule has 1 atom stereocenters. The Hall–Kier alpha value is -1.16. The van der Waals surface area contributed by atoms with E-state index in [1.165, 1.54) is 0 Å². The standard InChI is InChI=1S/C10H17N3O/c1-8(2)10(14)9(11)3-5-13-6-4-12-7-13/h4,6-9H,3,5,11H2,1-2H3. The molecule has 1 heterocycles. The first-order valence-corrected chi connectivity index (χ1v) is 4.86. The van der Waals surface area contributed by atoms with E-state index in [1.54, 1.807) is 12.5 Å². The SMILES string of the molecule is CC(C)C(=O)C(N)CCn1ccnc1. The lowest BCUT2D eigenvalue weighted by atomic mass is 10.0. The van der Waals surface area contributed by atoms with E-state index in [0.717, 1.165) is 6.54 Å². The molecule has 0 fully saturated rings. The maximum Gasteiger partial charge on any atom is 0.152 e. The van der Waals surface area contributed by atoms with E-state index in [0.29, 0.717) is 6.42 Å². The van der Waals surface area contributed by atoms with Crippen molar-refractivity contribution in [3.05, 3.63) is 18.7 Å². The minimum Gasteiger partial charge on any atom is -0.337 e. The van der Waals surface area contributed by atoms with Crippen LogP contribution in [0.3, 0.4) is 0 Å². The van der Waals surface area contributed by atoms with Gasteiger partial charge in [0.25, 0.3) is 0 Å². The minimum atomic E-state index is -0.350. The molecule has 0 saturated heterocycles. The maximum absolute atomic E-state index is 11.5. The molecule has 1 aromatic rings. The fourth-order valence-corrected chi connectivity index (χ4v) is 1.28. The summed E-state index contributed by atoms with van der Waals surface area (Å²) in [5, 5.41) is 0. The van der Waals surface area contributed by atoms with E-state index in [4.69, 9.17) is 5.73 Å². The maximum atomic E-state index is 11.5. The second-order valence-electron chi connectivity index (χ2n) is 3.75. The van der Waals surface area contributed by atoms with E-state index in [1.807, 2.05) is 24.6 Å². The predicted octanol–water partition coefficient (Wildman–Crippen LogP) is 0.826. The van der Waals surface area contributed by atoms with E-state index in [2.05, 4.69) is 4.98 Å². The van der Waals surface area contributed by atoms with E-state index in [9.17, 15) is 4.79 Å². The monoisotopic (exact) mass is 195 g/mol. The summed E-state index contributed by atoms with van der Waals surface area (Å²) in [6.07, 6.45) is 5.99. The first-order chi connectivity index (χ1) is 6.61. The van der Waals surface area contributed by atoms with Gasteiger partial charge < -0.3 is 10.3 Å². The summed E-state index contributed by atoms with van der Waals surface area (Å²) < 4.78 is 1.92. The van der Waals surface area contributed by atoms with Crippen molar-refractivity contribution in [3.63, 3.8) is 0 Å². The number of nitrogens with two attached hydrogens (primary N) is 1. The summed E-state index contributed by atoms with van der Waals surface area (Å²) in [6, 6.07) is -0.350. The van der Waals surface area contributed by atoms with Crippen molar-refractivity contribution in [1.29, 1.82) is 0 Å². The van der Waals surface area contributed by atoms with Crippen LogP contribution in [0.1, 0.15) is 20.3 Å². The lowest BCUT2D eigenvalue weighted by Gasteiger charge is -2.12. The molecule has 0 saturated carbocycles. The molecular weight excluding hydrogens is 178 g/mol. The van der Waals surface area contributed by atoms with Crippen molar-refractivity contribution in [2.45, 2.75) is 32.9 Å². The van der Waals surface area contributed by atoms with Crippen LogP contribution in [0.15, 0.2) is 18.7 Å². The van der Waals surface area contributed by atoms with Gasteiger partial charge in [-0.05, 0) is 6.42 Å². The van der Waals surface area contributed by atoms with E-state index < -0.39 is 0 Å². The average molecular weight is 195 g/mol. The zero-order valence-electron chi connectivity index (χ0n) is 8.68. The van der Waals surface area contributed by atoms with Gasteiger partial charge in [-0.2, -0.15) is 0 Å². The number of rotatable bonds is 5. The quantitative estimate of drug-likeness (QED) is 0.756. The molecule has 4 nitrogen and oxygen atoms in total. The van der Waals surface area contributed by atoms with Crippen LogP contribution in [-0.2, 0) is 11.3 Å². The van der Waals surface area contributed by atoms with Crippen LogP contribution in [0.4, 0.5) is 0 Å². The molecule has 0 spiro atoms. The largest absolute Gasteiger partial charge is 0.337 e. The molecule has 0 aromatic carbocycles. The van der Waals surface area contributed by atoms with Crippen molar-refractivity contribution in [1.82, 2.24) is 9.55 Å². The Kier molecular flexibility index (Phi) is 3.83. The number of imidazole rings is 1. The van der Waals surface area contributed by atoms with Crippen molar-refractivity contribution in [3.8, 4) is 0 Å². The van der Waals surface area contributed by atoms with Gasteiger partial charge >= 0.3 is 0 Å². The lowest BCUT2D eigenvalue weighted by molar-refractivity contribution is -0.123. The number of hydrogen-bond acceptors (Lipinski definition) is 3. The topological polar surface area (TPSA) is 60.9 Å². The van der Waals surface area contributed by atoms with Crippen molar-refractivity contribution >= 4 is 5.78 Å². The molecule has 1 rings (SSSR count). The van der Waals surface area contributed by atoms with Gasteiger partial charge in [-0.3, -0.25) is 4.79 Å². The van der Waals surface area contributed by atoms with Crippen LogP contribution in [-0.4, -0.2) is 21.4 Å². The first-order valence-electron chi connectivity index (χ1n) is 4.86. The molecule has 1 unspecified atom stereocenters. The second kappa shape index (κ2) is 4.91. The number of carbonyl (C=O) groups is 1. The molecular formula is C10H17N3O. The summed E-state index contributed by atoms with van der Waals surface area (Å²) in [6.45, 7) is 4.50. The molecule has 0 aliphatic rings. The summed E-state index contributed by atoms with van der Waals surface area (Å²) in [5.74, 6) is 0.151. The van der Waals surface area contributed by atoms with Crippen LogP contribution in [0.25, 0.3) is 0 Å². The molecule has 1 aromatic heterocycles. The Morgan fingerprint density at radius 1 is 1.57 bits per heavy atom. The zero-order valence-corrected chi connectivity index (χ0v) is 8.68. The normalized spacial score (nSPS) is 13.1. The van der Waals surface area contributed by atoms with Gasteiger partial charge in [0.1, 0.15) is 0 Å². The highest BCUT2D eigenvalue weighted by Crippen LogP contribution is 2.02. The third-order valence-electron chi connectivity index (χ3n) is 2.19. The molecule has 0 aliphatic carbocycles. The lowest BCUT2D eigenvalue weighted by Crippen LogP contribution is -2.34. The van der Waals surface area contributed by atoms with Gasteiger partial charge in [0.15, 0.2) is 5.78 Å². The number of ketones is 1. The number of Topliss-reactive ketones (excluding diaryl/α,β-unsaturated/α-hetero) is 1. The first kappa shape index (κ1) is 10.9. The van der Waals surface area contributed by atoms with Crippen LogP contribution in [0.5, 0.6) is 0 Å². The molecule has 0 radical (unpaired) electrons. The van der Waals surface area contributed by atoms with Crippen molar-refractivity contribution in [2.75, 3.05) is 0 Å². The summed E-state index contributed by atoms with van der Waals surface area (Å²) in [4.78, 5) is 15.4. The second-order valence-corrected chi connectivity index (χ2v) is 3.75. The Morgan fingerprint density at radius 3 is 2.79 bits per heavy atom. The van der Waals surface area contributed by atoms with E-state index in [-0.39, 0.29) is 17.7 Å². The van der Waals surface area contributed by atoms with Crippen LogP contribution >= 0.6 is 0 Å². The Balaban J connectivity index is 2.35. The summed E-state index contributed by atoms with van der Waals surface area (Å²) >= 11 is 0. The van der Waals surface area contributed by atoms with Gasteiger partial charge in [-0.25, -0.2) is 4.98 Å². The predicted molar refractivity (Wildman–Crippen MR) is 54.7 cm³/mol. The van der Waals surface area contributed by atoms with Crippen molar-refractivity contribution in [2.24, 2.45) is 11.7 Å². The minimum absolute atomic E-state index is 0.0211. The number of aryl methyl sites for hydroxylation is 1. The summed E-state index contributed by atoms with van der Waals surface area (Å²) in [5.41, 5.74) is 5.75. The van der Waals surface area contributed by atoms with Gasteiger partial charge in [0, 0.05) is 24.9 Å². The number of nitrogens with zero attached hydrogens (tertiary/aromatic N) is 2. The molecule has 0 amide bonds. The smallest absolute Gasteiger partial charge is 0.152 e. The summed E-state index contributed by atoms with van der Waals surface area (Å²) in [7, 11) is 0. The highest BCUT2D eigenvalue weighted by atomic mass is 16.1. The Labute approximate surface area is 84.1 Å². The highest BCUT2D eigenvalue weighted by Gasteiger charge is 2.16. The number of carbonyl (C=O) groups excluding carboxylic acids is 1. The Bertz CT molecular complexity index is 280. The molecule has 78 valence electrons. The van der Waals surface area contributed by atoms with Crippen LogP contribution < -0.4 is 5.73 Å². The molecule has 4 heteroatoms. The fraction of sp³-hybridized carbons (Fsp3) is 0.600. The zero-order chi connectivity index (χ0) is 10.6. The molecule has 2 N–H and O–H groups in total. The number of hydrogen-bond donors (Lipinski definition) is 1. The van der Waals surface area contributed by atoms with Gasteiger partial charge in [0.2, 0.25) is 0 Å². The average Bonchev–Trinajstić information content (AvgIpc) is 2.65. The molecule has 14 heavy (non-hydrogen) atoms.